The van der Waals surface area contributed by atoms with Crippen LogP contribution in [0.4, 0.5) is 18.9 Å². The summed E-state index contributed by atoms with van der Waals surface area (Å²) in [5.41, 5.74) is 0.287. The molecule has 0 aromatic heterocycles. The highest BCUT2D eigenvalue weighted by Crippen LogP contribution is 2.38. The predicted octanol–water partition coefficient (Wildman–Crippen LogP) is 4.21. The van der Waals surface area contributed by atoms with Gasteiger partial charge in [-0.1, -0.05) is 22.0 Å². The molecule has 1 saturated heterocycles. The van der Waals surface area contributed by atoms with Crippen molar-refractivity contribution in [1.29, 1.82) is 0 Å². The number of ether oxygens (including phenoxy) is 1. The first-order valence-electron chi connectivity index (χ1n) is 6.47. The number of alkyl halides is 4. The highest BCUT2D eigenvalue weighted by Gasteiger charge is 2.36. The molecule has 0 aliphatic carbocycles. The van der Waals surface area contributed by atoms with E-state index in [-0.39, 0.29) is 17.9 Å². The Bertz CT molecular complexity index is 468. The van der Waals surface area contributed by atoms with Gasteiger partial charge in [0.2, 0.25) is 0 Å². The van der Waals surface area contributed by atoms with Crippen LogP contribution in [-0.2, 0) is 16.2 Å². The van der Waals surface area contributed by atoms with Crippen molar-refractivity contribution in [2.45, 2.75) is 37.6 Å². The Hall–Kier alpha value is -0.750. The zero-order chi connectivity index (χ0) is 14.9. The molecule has 2 atom stereocenters. The first-order valence-corrected chi connectivity index (χ1v) is 7.60. The van der Waals surface area contributed by atoms with Crippen LogP contribution in [0.5, 0.6) is 0 Å². The summed E-state index contributed by atoms with van der Waals surface area (Å²) in [6.07, 6.45) is -4.50. The van der Waals surface area contributed by atoms with E-state index in [4.69, 9.17) is 4.74 Å². The molecule has 2 nitrogen and oxygen atoms in total. The number of anilines is 1. The molecule has 20 heavy (non-hydrogen) atoms. The van der Waals surface area contributed by atoms with E-state index >= 15 is 0 Å². The van der Waals surface area contributed by atoms with Gasteiger partial charge in [0.05, 0.1) is 17.8 Å². The summed E-state index contributed by atoms with van der Waals surface area (Å²) < 4.78 is 45.3. The molecule has 1 aromatic carbocycles. The lowest BCUT2D eigenvalue weighted by molar-refractivity contribution is -0.137. The Kier molecular flexibility index (Phi) is 4.64. The van der Waals surface area contributed by atoms with Crippen molar-refractivity contribution in [3.8, 4) is 0 Å². The fourth-order valence-corrected chi connectivity index (χ4v) is 2.89. The van der Waals surface area contributed by atoms with Crippen molar-refractivity contribution in [1.82, 2.24) is 0 Å². The summed E-state index contributed by atoms with van der Waals surface area (Å²) in [5, 5.41) is 0.409. The second-order valence-electron chi connectivity index (χ2n) is 5.15. The van der Waals surface area contributed by atoms with Gasteiger partial charge < -0.3 is 9.64 Å². The number of rotatable bonds is 2. The maximum atomic E-state index is 13.2. The SMILES string of the molecule is C[C@@H]1CN(c2ccc(CBr)cc2C(F)(F)F)C[C@H](C)O1. The summed E-state index contributed by atoms with van der Waals surface area (Å²) in [5.74, 6) is 0. The van der Waals surface area contributed by atoms with E-state index in [1.165, 1.54) is 6.07 Å². The largest absolute Gasteiger partial charge is 0.418 e. The van der Waals surface area contributed by atoms with Crippen molar-refractivity contribution in [3.05, 3.63) is 29.3 Å². The fourth-order valence-electron chi connectivity index (χ4n) is 2.54. The molecule has 0 N–H and O–H groups in total. The highest BCUT2D eigenvalue weighted by molar-refractivity contribution is 9.08. The summed E-state index contributed by atoms with van der Waals surface area (Å²) in [6.45, 7) is 4.70. The zero-order valence-electron chi connectivity index (χ0n) is 11.4. The van der Waals surface area contributed by atoms with E-state index in [1.54, 1.807) is 17.0 Å². The number of halogens is 4. The quantitative estimate of drug-likeness (QED) is 0.740. The van der Waals surface area contributed by atoms with Crippen molar-refractivity contribution in [2.75, 3.05) is 18.0 Å². The minimum absolute atomic E-state index is 0.0734. The minimum atomic E-state index is -4.35. The normalized spacial score (nSPS) is 24.0. The summed E-state index contributed by atoms with van der Waals surface area (Å²) in [4.78, 5) is 1.76. The minimum Gasteiger partial charge on any atom is -0.372 e. The number of benzene rings is 1. The van der Waals surface area contributed by atoms with E-state index in [0.717, 1.165) is 0 Å². The van der Waals surface area contributed by atoms with Gasteiger partial charge in [-0.2, -0.15) is 13.2 Å². The summed E-state index contributed by atoms with van der Waals surface area (Å²) in [7, 11) is 0. The lowest BCUT2D eigenvalue weighted by Crippen LogP contribution is -2.46. The third kappa shape index (κ3) is 3.47. The first-order chi connectivity index (χ1) is 9.31. The first kappa shape index (κ1) is 15.6. The molecule has 1 heterocycles. The van der Waals surface area contributed by atoms with E-state index in [9.17, 15) is 13.2 Å². The van der Waals surface area contributed by atoms with Gasteiger partial charge in [0.15, 0.2) is 0 Å². The average Bonchev–Trinajstić information content (AvgIpc) is 2.35. The second kappa shape index (κ2) is 5.93. The van der Waals surface area contributed by atoms with Gasteiger partial charge in [0.1, 0.15) is 0 Å². The molecular formula is C14H17BrF3NO. The highest BCUT2D eigenvalue weighted by atomic mass is 79.9. The molecular weight excluding hydrogens is 335 g/mol. The molecule has 1 aromatic rings. The van der Waals surface area contributed by atoms with Crippen LogP contribution in [0.3, 0.4) is 0 Å². The second-order valence-corrected chi connectivity index (χ2v) is 5.71. The maximum absolute atomic E-state index is 13.2. The van der Waals surface area contributed by atoms with Crippen LogP contribution in [-0.4, -0.2) is 25.3 Å². The molecule has 112 valence electrons. The molecule has 0 unspecified atom stereocenters. The van der Waals surface area contributed by atoms with Gasteiger partial charge in [-0.3, -0.25) is 0 Å². The molecule has 6 heteroatoms. The van der Waals surface area contributed by atoms with Crippen LogP contribution >= 0.6 is 15.9 Å². The van der Waals surface area contributed by atoms with Gasteiger partial charge in [0.25, 0.3) is 0 Å². The smallest absolute Gasteiger partial charge is 0.372 e. The van der Waals surface area contributed by atoms with Crippen molar-refractivity contribution in [2.24, 2.45) is 0 Å². The molecule has 1 fully saturated rings. The Balaban J connectivity index is 2.40. The molecule has 0 bridgehead atoms. The van der Waals surface area contributed by atoms with E-state index in [1.807, 2.05) is 13.8 Å². The van der Waals surface area contributed by atoms with Crippen molar-refractivity contribution >= 4 is 21.6 Å². The number of hydrogen-bond acceptors (Lipinski definition) is 2. The van der Waals surface area contributed by atoms with Crippen LogP contribution in [0, 0.1) is 0 Å². The van der Waals surface area contributed by atoms with Crippen LogP contribution in [0.25, 0.3) is 0 Å². The van der Waals surface area contributed by atoms with Crippen LogP contribution < -0.4 is 4.90 Å². The lowest BCUT2D eigenvalue weighted by Gasteiger charge is -2.38. The average molecular weight is 352 g/mol. The zero-order valence-corrected chi connectivity index (χ0v) is 13.0. The van der Waals surface area contributed by atoms with Gasteiger partial charge in [-0.15, -0.1) is 0 Å². The fraction of sp³-hybridized carbons (Fsp3) is 0.571. The summed E-state index contributed by atoms with van der Waals surface area (Å²) >= 11 is 3.20. The predicted molar refractivity (Wildman–Crippen MR) is 76.3 cm³/mol. The maximum Gasteiger partial charge on any atom is 0.418 e. The third-order valence-corrected chi connectivity index (χ3v) is 3.93. The van der Waals surface area contributed by atoms with Crippen molar-refractivity contribution in [3.63, 3.8) is 0 Å². The topological polar surface area (TPSA) is 12.5 Å². The molecule has 0 saturated carbocycles. The molecule has 1 aliphatic rings. The van der Waals surface area contributed by atoms with Crippen molar-refractivity contribution < 1.29 is 17.9 Å². The number of morpholine rings is 1. The van der Waals surface area contributed by atoms with E-state index in [0.29, 0.717) is 24.0 Å². The molecule has 2 rings (SSSR count). The lowest BCUT2D eigenvalue weighted by atomic mass is 10.1. The van der Waals surface area contributed by atoms with Gasteiger partial charge in [0, 0.05) is 24.1 Å². The number of nitrogens with zero attached hydrogens (tertiary/aromatic N) is 1. The Morgan fingerprint density at radius 1 is 1.25 bits per heavy atom. The van der Waals surface area contributed by atoms with Gasteiger partial charge in [-0.25, -0.2) is 0 Å². The van der Waals surface area contributed by atoms with E-state index in [2.05, 4.69) is 15.9 Å². The van der Waals surface area contributed by atoms with Crippen LogP contribution in [0.2, 0.25) is 0 Å². The van der Waals surface area contributed by atoms with Crippen LogP contribution in [0.1, 0.15) is 25.0 Å². The van der Waals surface area contributed by atoms with Gasteiger partial charge >= 0.3 is 6.18 Å². The molecule has 0 spiro atoms. The van der Waals surface area contributed by atoms with E-state index < -0.39 is 11.7 Å². The Morgan fingerprint density at radius 3 is 2.35 bits per heavy atom. The molecule has 0 radical (unpaired) electrons. The monoisotopic (exact) mass is 351 g/mol. The standard InChI is InChI=1S/C14H17BrF3NO/c1-9-7-19(8-10(2)20-9)13-4-3-11(6-15)5-12(13)14(16,17)18/h3-5,9-10H,6-8H2,1-2H3/t9-,10+. The molecule has 1 aliphatic heterocycles. The summed E-state index contributed by atoms with van der Waals surface area (Å²) in [6, 6.07) is 4.50. The Morgan fingerprint density at radius 2 is 1.85 bits per heavy atom. The third-order valence-electron chi connectivity index (χ3n) is 3.28. The van der Waals surface area contributed by atoms with Crippen LogP contribution in [0.15, 0.2) is 18.2 Å². The van der Waals surface area contributed by atoms with Gasteiger partial charge in [-0.05, 0) is 31.5 Å². The molecule has 0 amide bonds. The number of hydrogen-bond donors (Lipinski definition) is 0. The Labute approximate surface area is 125 Å².